The number of hydrogen-bond acceptors (Lipinski definition) is 3. The van der Waals surface area contributed by atoms with Gasteiger partial charge in [-0.25, -0.2) is 0 Å². The van der Waals surface area contributed by atoms with Crippen molar-refractivity contribution in [2.45, 2.75) is 40.0 Å². The summed E-state index contributed by atoms with van der Waals surface area (Å²) in [5.41, 5.74) is -0.960. The first-order valence-corrected chi connectivity index (χ1v) is 6.06. The summed E-state index contributed by atoms with van der Waals surface area (Å²) in [6.07, 6.45) is 2.30. The van der Waals surface area contributed by atoms with Crippen molar-refractivity contribution in [3.63, 3.8) is 0 Å². The van der Waals surface area contributed by atoms with E-state index in [1.807, 2.05) is 20.8 Å². The quantitative estimate of drug-likeness (QED) is 0.369. The van der Waals surface area contributed by atoms with E-state index in [2.05, 4.69) is 10.6 Å². The first-order chi connectivity index (χ1) is 7.48. The van der Waals surface area contributed by atoms with Crippen LogP contribution in [0.2, 0.25) is 0 Å². The van der Waals surface area contributed by atoms with Crippen LogP contribution in [0.1, 0.15) is 40.0 Å². The number of amides is 2. The molecule has 1 aliphatic heterocycles. The van der Waals surface area contributed by atoms with Crippen LogP contribution in [0.3, 0.4) is 0 Å². The van der Waals surface area contributed by atoms with Gasteiger partial charge in [-0.3, -0.25) is 9.59 Å². The molecule has 0 bridgehead atoms. The minimum Gasteiger partial charge on any atom is -0.302 e. The number of carbonyl (C=O) groups is 2. The zero-order valence-electron chi connectivity index (χ0n) is 10.9. The van der Waals surface area contributed by atoms with Gasteiger partial charge in [-0.05, 0) is 31.0 Å². The largest absolute Gasteiger partial charge is 1.00 e. The Balaban J connectivity index is 0.00000256. The van der Waals surface area contributed by atoms with E-state index in [9.17, 15) is 9.59 Å². The van der Waals surface area contributed by atoms with Gasteiger partial charge in [0, 0.05) is 0 Å². The molecule has 1 saturated heterocycles. The molecule has 0 saturated carbocycles. The summed E-state index contributed by atoms with van der Waals surface area (Å²) in [4.78, 5) is 24.0. The van der Waals surface area contributed by atoms with Crippen LogP contribution in [-0.4, -0.2) is 16.9 Å². The molecule has 1 aliphatic rings. The molecule has 2 amide bonds. The molecular weight excluding hydrogens is 263 g/mol. The summed E-state index contributed by atoms with van der Waals surface area (Å²) in [7, 11) is 0. The van der Waals surface area contributed by atoms with E-state index in [4.69, 9.17) is 12.2 Å². The average Bonchev–Trinajstić information content (AvgIpc) is 2.18. The predicted octanol–water partition coefficient (Wildman–Crippen LogP) is -1.65. The fraction of sp³-hybridized carbons (Fsp3) is 0.727. The summed E-state index contributed by atoms with van der Waals surface area (Å²) in [5.74, 6) is -0.500. The molecule has 0 aliphatic carbocycles. The molecule has 2 N–H and O–H groups in total. The molecule has 6 heteroatoms. The predicted molar refractivity (Wildman–Crippen MR) is 65.7 cm³/mol. The van der Waals surface area contributed by atoms with Crippen molar-refractivity contribution < 1.29 is 61.0 Å². The van der Waals surface area contributed by atoms with E-state index in [1.54, 1.807) is 0 Å². The first kappa shape index (κ1) is 17.7. The summed E-state index contributed by atoms with van der Waals surface area (Å²) in [5, 5.41) is 5.22. The van der Waals surface area contributed by atoms with Crippen LogP contribution in [0.25, 0.3) is 0 Å². The van der Waals surface area contributed by atoms with Gasteiger partial charge in [0.2, 0.25) is 11.8 Å². The maximum atomic E-state index is 12.0. The minimum absolute atomic E-state index is 0. The summed E-state index contributed by atoms with van der Waals surface area (Å²) in [6.45, 7) is 5.85. The standard InChI is InChI=1S/C11H18N2O2S.K/c1-4-6-7(3)11(5-2)8(14)12-10(16)13-9(11)15;/h7H,4-6H2,1-3H3,(H2,12,13,14,15,16);/q;+1. The first-order valence-electron chi connectivity index (χ1n) is 5.65. The van der Waals surface area contributed by atoms with Gasteiger partial charge < -0.3 is 10.6 Å². The molecule has 1 fully saturated rings. The van der Waals surface area contributed by atoms with Crippen LogP contribution in [0.15, 0.2) is 0 Å². The number of nitrogens with one attached hydrogen (secondary N) is 2. The molecule has 17 heavy (non-hydrogen) atoms. The molecule has 4 nitrogen and oxygen atoms in total. The van der Waals surface area contributed by atoms with Crippen molar-refractivity contribution in [1.82, 2.24) is 10.6 Å². The van der Waals surface area contributed by atoms with Gasteiger partial charge in [0.1, 0.15) is 5.41 Å². The van der Waals surface area contributed by atoms with E-state index in [0.29, 0.717) is 6.42 Å². The summed E-state index contributed by atoms with van der Waals surface area (Å²) in [6, 6.07) is 0. The Morgan fingerprint density at radius 2 is 1.71 bits per heavy atom. The van der Waals surface area contributed by atoms with Crippen LogP contribution in [0, 0.1) is 11.3 Å². The Morgan fingerprint density at radius 3 is 2.06 bits per heavy atom. The molecule has 90 valence electrons. The normalized spacial score (nSPS) is 20.1. The molecule has 1 heterocycles. The Kier molecular flexibility index (Phi) is 7.59. The van der Waals surface area contributed by atoms with Gasteiger partial charge in [0.25, 0.3) is 0 Å². The smallest absolute Gasteiger partial charge is 0.302 e. The Morgan fingerprint density at radius 1 is 1.24 bits per heavy atom. The third-order valence-corrected chi connectivity index (χ3v) is 3.59. The monoisotopic (exact) mass is 281 g/mol. The van der Waals surface area contributed by atoms with Crippen molar-refractivity contribution in [3.8, 4) is 0 Å². The van der Waals surface area contributed by atoms with Gasteiger partial charge >= 0.3 is 51.4 Å². The van der Waals surface area contributed by atoms with Crippen LogP contribution in [0.4, 0.5) is 0 Å². The van der Waals surface area contributed by atoms with E-state index in [1.165, 1.54) is 0 Å². The molecule has 0 radical (unpaired) electrons. The molecule has 1 unspecified atom stereocenters. The van der Waals surface area contributed by atoms with Crippen LogP contribution in [-0.2, 0) is 9.59 Å². The van der Waals surface area contributed by atoms with E-state index in [0.717, 1.165) is 12.8 Å². The van der Waals surface area contributed by atoms with Crippen LogP contribution in [0.5, 0.6) is 0 Å². The second kappa shape index (κ2) is 7.30. The van der Waals surface area contributed by atoms with Gasteiger partial charge in [-0.2, -0.15) is 0 Å². The molecular formula is C11H18KN2O2S+. The topological polar surface area (TPSA) is 58.2 Å². The molecule has 0 aromatic heterocycles. The second-order valence-electron chi connectivity index (χ2n) is 4.25. The zero-order valence-corrected chi connectivity index (χ0v) is 14.9. The van der Waals surface area contributed by atoms with E-state index in [-0.39, 0.29) is 74.2 Å². The summed E-state index contributed by atoms with van der Waals surface area (Å²) < 4.78 is 0. The molecule has 0 aromatic carbocycles. The van der Waals surface area contributed by atoms with Crippen molar-refractivity contribution >= 4 is 29.1 Å². The molecule has 1 rings (SSSR count). The number of thiocarbonyl (C=S) groups is 1. The van der Waals surface area contributed by atoms with E-state index >= 15 is 0 Å². The average molecular weight is 281 g/mol. The molecule has 0 aromatic rings. The third kappa shape index (κ3) is 3.36. The maximum Gasteiger partial charge on any atom is 1.00 e. The zero-order chi connectivity index (χ0) is 12.3. The van der Waals surface area contributed by atoms with Gasteiger partial charge in [0.15, 0.2) is 5.11 Å². The van der Waals surface area contributed by atoms with Crippen LogP contribution >= 0.6 is 12.2 Å². The Labute approximate surface area is 150 Å². The summed E-state index contributed by atoms with van der Waals surface area (Å²) >= 11 is 4.80. The number of rotatable bonds is 4. The van der Waals surface area contributed by atoms with Crippen molar-refractivity contribution in [1.29, 1.82) is 0 Å². The third-order valence-electron chi connectivity index (χ3n) is 3.39. The Bertz CT molecular complexity index is 313. The SMILES string of the molecule is CCCC(C)C1(CC)C(=O)NC(=S)NC1=O.[K+]. The fourth-order valence-electron chi connectivity index (χ4n) is 2.36. The number of hydrogen-bond donors (Lipinski definition) is 2. The minimum atomic E-state index is -0.960. The van der Waals surface area contributed by atoms with Crippen molar-refractivity contribution in [3.05, 3.63) is 0 Å². The van der Waals surface area contributed by atoms with Crippen molar-refractivity contribution in [2.75, 3.05) is 0 Å². The molecule has 1 atom stereocenters. The van der Waals surface area contributed by atoms with Crippen LogP contribution < -0.4 is 62.0 Å². The van der Waals surface area contributed by atoms with E-state index < -0.39 is 5.41 Å². The second-order valence-corrected chi connectivity index (χ2v) is 4.66. The van der Waals surface area contributed by atoms with Gasteiger partial charge in [0.05, 0.1) is 0 Å². The molecule has 0 spiro atoms. The fourth-order valence-corrected chi connectivity index (χ4v) is 2.55. The van der Waals surface area contributed by atoms with Gasteiger partial charge in [-0.15, -0.1) is 0 Å². The van der Waals surface area contributed by atoms with Crippen molar-refractivity contribution in [2.24, 2.45) is 11.3 Å². The maximum absolute atomic E-state index is 12.0. The Hall–Kier alpha value is 0.666. The van der Waals surface area contributed by atoms with Gasteiger partial charge in [-0.1, -0.05) is 27.2 Å². The number of carbonyl (C=O) groups excluding carboxylic acids is 2.